The van der Waals surface area contributed by atoms with E-state index < -0.39 is 0 Å². The van der Waals surface area contributed by atoms with Crippen LogP contribution < -0.4 is 10.6 Å². The molecule has 0 heterocycles. The smallest absolute Gasteiger partial charge is 0.239 e. The van der Waals surface area contributed by atoms with Crippen LogP contribution in [0.3, 0.4) is 0 Å². The molecule has 0 aromatic heterocycles. The minimum Gasteiger partial charge on any atom is -0.376 e. The minimum atomic E-state index is 0.0542. The monoisotopic (exact) mass is 262 g/mol. The summed E-state index contributed by atoms with van der Waals surface area (Å²) in [6.07, 6.45) is 4.38. The summed E-state index contributed by atoms with van der Waals surface area (Å²) in [4.78, 5) is 11.7. The third kappa shape index (κ3) is 6.27. The molecule has 0 fully saturated rings. The van der Waals surface area contributed by atoms with E-state index in [1.807, 2.05) is 19.1 Å². The second kappa shape index (κ2) is 8.57. The van der Waals surface area contributed by atoms with Gasteiger partial charge in [0.2, 0.25) is 5.91 Å². The molecule has 2 N–H and O–H groups in total. The molecule has 1 aromatic rings. The molecule has 19 heavy (non-hydrogen) atoms. The van der Waals surface area contributed by atoms with Gasteiger partial charge in [0.05, 0.1) is 6.54 Å². The Labute approximate surface area is 116 Å². The fourth-order valence-corrected chi connectivity index (χ4v) is 2.09. The first kappa shape index (κ1) is 15.5. The van der Waals surface area contributed by atoms with Crippen LogP contribution >= 0.6 is 0 Å². The van der Waals surface area contributed by atoms with Crippen molar-refractivity contribution in [1.29, 1.82) is 0 Å². The molecule has 3 nitrogen and oxygen atoms in total. The molecule has 0 aliphatic carbocycles. The number of carbonyl (C=O) groups is 1. The maximum atomic E-state index is 11.7. The van der Waals surface area contributed by atoms with E-state index in [-0.39, 0.29) is 11.9 Å². The molecule has 3 heteroatoms. The summed E-state index contributed by atoms with van der Waals surface area (Å²) in [6, 6.07) is 8.56. The van der Waals surface area contributed by atoms with E-state index in [1.54, 1.807) is 0 Å². The highest BCUT2D eigenvalue weighted by Gasteiger charge is 2.05. The Hall–Kier alpha value is -1.51. The molecule has 0 bridgehead atoms. The normalized spacial score (nSPS) is 11.9. The van der Waals surface area contributed by atoms with Crippen LogP contribution in [0.1, 0.15) is 45.6 Å². The molecule has 106 valence electrons. The van der Waals surface area contributed by atoms with Crippen molar-refractivity contribution in [2.24, 2.45) is 0 Å². The lowest BCUT2D eigenvalue weighted by Crippen LogP contribution is -2.36. The number of carbonyl (C=O) groups excluding carboxylic acids is 1. The number of hydrogen-bond donors (Lipinski definition) is 2. The molecular weight excluding hydrogens is 236 g/mol. The molecule has 1 unspecified atom stereocenters. The summed E-state index contributed by atoms with van der Waals surface area (Å²) in [7, 11) is 0. The average Bonchev–Trinajstić information content (AvgIpc) is 2.38. The van der Waals surface area contributed by atoms with E-state index in [0.717, 1.165) is 31.4 Å². The zero-order chi connectivity index (χ0) is 14.1. The van der Waals surface area contributed by atoms with Crippen LogP contribution in [-0.4, -0.2) is 18.5 Å². The lowest BCUT2D eigenvalue weighted by atomic mass is 10.1. The Morgan fingerprint density at radius 2 is 1.84 bits per heavy atom. The number of anilines is 1. The van der Waals surface area contributed by atoms with Gasteiger partial charge < -0.3 is 10.6 Å². The number of aryl methyl sites for hydroxylation is 1. The summed E-state index contributed by atoms with van der Waals surface area (Å²) in [5, 5.41) is 6.13. The first-order chi connectivity index (χ1) is 9.15. The molecule has 0 radical (unpaired) electrons. The molecule has 0 saturated heterocycles. The fourth-order valence-electron chi connectivity index (χ4n) is 2.09. The van der Waals surface area contributed by atoms with Crippen molar-refractivity contribution in [2.45, 2.75) is 52.5 Å². The van der Waals surface area contributed by atoms with Gasteiger partial charge in [0.1, 0.15) is 0 Å². The van der Waals surface area contributed by atoms with Crippen molar-refractivity contribution in [1.82, 2.24) is 5.32 Å². The summed E-state index contributed by atoms with van der Waals surface area (Å²) in [5.74, 6) is 0.0542. The fraction of sp³-hybridized carbons (Fsp3) is 0.562. The van der Waals surface area contributed by atoms with Gasteiger partial charge in [-0.1, -0.05) is 38.8 Å². The SMILES string of the molecule is CCCc1ccc(NCC(=O)NC(C)CCC)cc1. The molecular formula is C16H26N2O. The van der Waals surface area contributed by atoms with E-state index >= 15 is 0 Å². The van der Waals surface area contributed by atoms with E-state index in [9.17, 15) is 4.79 Å². The zero-order valence-corrected chi connectivity index (χ0v) is 12.3. The largest absolute Gasteiger partial charge is 0.376 e. The van der Waals surface area contributed by atoms with Crippen molar-refractivity contribution in [3.8, 4) is 0 Å². The molecule has 0 aliphatic rings. The van der Waals surface area contributed by atoms with Crippen molar-refractivity contribution < 1.29 is 4.79 Å². The van der Waals surface area contributed by atoms with Gasteiger partial charge in [-0.15, -0.1) is 0 Å². The van der Waals surface area contributed by atoms with Crippen LogP contribution in [0.4, 0.5) is 5.69 Å². The molecule has 1 amide bonds. The molecule has 1 atom stereocenters. The molecule has 0 aliphatic heterocycles. The molecule has 1 rings (SSSR count). The Kier molecular flexibility index (Phi) is 7.01. The van der Waals surface area contributed by atoms with E-state index in [4.69, 9.17) is 0 Å². The highest BCUT2D eigenvalue weighted by molar-refractivity contribution is 5.80. The number of nitrogens with one attached hydrogen (secondary N) is 2. The van der Waals surface area contributed by atoms with E-state index in [1.165, 1.54) is 5.56 Å². The maximum absolute atomic E-state index is 11.7. The van der Waals surface area contributed by atoms with Gasteiger partial charge in [-0.05, 0) is 37.5 Å². The highest BCUT2D eigenvalue weighted by atomic mass is 16.1. The molecule has 1 aromatic carbocycles. The van der Waals surface area contributed by atoms with Gasteiger partial charge in [-0.25, -0.2) is 0 Å². The van der Waals surface area contributed by atoms with Crippen LogP contribution in [0, 0.1) is 0 Å². The van der Waals surface area contributed by atoms with Gasteiger partial charge in [0.25, 0.3) is 0 Å². The van der Waals surface area contributed by atoms with Crippen molar-refractivity contribution >= 4 is 11.6 Å². The van der Waals surface area contributed by atoms with Gasteiger partial charge in [-0.3, -0.25) is 4.79 Å². The highest BCUT2D eigenvalue weighted by Crippen LogP contribution is 2.10. The number of rotatable bonds is 8. The van der Waals surface area contributed by atoms with Crippen molar-refractivity contribution in [3.63, 3.8) is 0 Å². The standard InChI is InChI=1S/C16H26N2O/c1-4-6-13(3)18-16(19)12-17-15-10-8-14(7-5-2)9-11-15/h8-11,13,17H,4-7,12H2,1-3H3,(H,18,19). The average molecular weight is 262 g/mol. The van der Waals surface area contributed by atoms with Crippen LogP contribution in [0.5, 0.6) is 0 Å². The lowest BCUT2D eigenvalue weighted by Gasteiger charge is -2.13. The van der Waals surface area contributed by atoms with E-state index in [2.05, 4.69) is 36.6 Å². The third-order valence-corrected chi connectivity index (χ3v) is 3.07. The first-order valence-corrected chi connectivity index (χ1v) is 7.27. The summed E-state index contributed by atoms with van der Waals surface area (Å²) in [6.45, 7) is 6.68. The van der Waals surface area contributed by atoms with Crippen molar-refractivity contribution in [2.75, 3.05) is 11.9 Å². The van der Waals surface area contributed by atoms with E-state index in [0.29, 0.717) is 6.54 Å². The Morgan fingerprint density at radius 1 is 1.16 bits per heavy atom. The van der Waals surface area contributed by atoms with Crippen molar-refractivity contribution in [3.05, 3.63) is 29.8 Å². The summed E-state index contributed by atoms with van der Waals surface area (Å²) < 4.78 is 0. The summed E-state index contributed by atoms with van der Waals surface area (Å²) in [5.41, 5.74) is 2.34. The zero-order valence-electron chi connectivity index (χ0n) is 12.3. The number of amides is 1. The number of benzene rings is 1. The van der Waals surface area contributed by atoms with Gasteiger partial charge in [0.15, 0.2) is 0 Å². The Balaban J connectivity index is 2.33. The maximum Gasteiger partial charge on any atom is 0.239 e. The lowest BCUT2D eigenvalue weighted by molar-refractivity contribution is -0.120. The van der Waals surface area contributed by atoms with Gasteiger partial charge >= 0.3 is 0 Å². The topological polar surface area (TPSA) is 41.1 Å². The second-order valence-electron chi connectivity index (χ2n) is 5.06. The Morgan fingerprint density at radius 3 is 2.42 bits per heavy atom. The summed E-state index contributed by atoms with van der Waals surface area (Å²) >= 11 is 0. The molecule has 0 saturated carbocycles. The quantitative estimate of drug-likeness (QED) is 0.754. The molecule has 0 spiro atoms. The number of hydrogen-bond acceptors (Lipinski definition) is 2. The van der Waals surface area contributed by atoms with Gasteiger partial charge in [-0.2, -0.15) is 0 Å². The van der Waals surface area contributed by atoms with Crippen LogP contribution in [0.2, 0.25) is 0 Å². The van der Waals surface area contributed by atoms with Crippen LogP contribution in [-0.2, 0) is 11.2 Å². The third-order valence-electron chi connectivity index (χ3n) is 3.07. The predicted molar refractivity (Wildman–Crippen MR) is 81.4 cm³/mol. The van der Waals surface area contributed by atoms with Gasteiger partial charge in [0, 0.05) is 11.7 Å². The first-order valence-electron chi connectivity index (χ1n) is 7.27. The van der Waals surface area contributed by atoms with Crippen LogP contribution in [0.25, 0.3) is 0 Å². The second-order valence-corrected chi connectivity index (χ2v) is 5.06. The minimum absolute atomic E-state index is 0.0542. The Bertz CT molecular complexity index is 373. The van der Waals surface area contributed by atoms with Crippen LogP contribution in [0.15, 0.2) is 24.3 Å². The predicted octanol–water partition coefficient (Wildman–Crippen LogP) is 3.36.